The molecule has 1 unspecified atom stereocenters. The highest BCUT2D eigenvalue weighted by molar-refractivity contribution is 9.10. The molecule has 0 aliphatic carbocycles. The van der Waals surface area contributed by atoms with Gasteiger partial charge in [-0.25, -0.2) is 8.99 Å². The van der Waals surface area contributed by atoms with Gasteiger partial charge in [0.15, 0.2) is 0 Å². The highest BCUT2D eigenvalue weighted by Crippen LogP contribution is 2.22. The van der Waals surface area contributed by atoms with Crippen molar-refractivity contribution in [2.24, 2.45) is 0 Å². The average Bonchev–Trinajstić information content (AvgIpc) is 2.11. The Bertz CT molecular complexity index is 327. The second-order valence-electron chi connectivity index (χ2n) is 1.90. The van der Waals surface area contributed by atoms with Crippen LogP contribution in [0.4, 0.5) is 0 Å². The first-order valence-corrected chi connectivity index (χ1v) is 5.24. The van der Waals surface area contributed by atoms with Gasteiger partial charge in [0.25, 0.3) is 0 Å². The van der Waals surface area contributed by atoms with Gasteiger partial charge in [-0.2, -0.15) is 0 Å². The minimum Gasteiger partial charge on any atom is -0.453 e. The van der Waals surface area contributed by atoms with E-state index in [-0.39, 0.29) is 5.09 Å². The van der Waals surface area contributed by atoms with Gasteiger partial charge in [-0.05, 0) is 22.0 Å². The summed E-state index contributed by atoms with van der Waals surface area (Å²) < 4.78 is 23.6. The van der Waals surface area contributed by atoms with Gasteiger partial charge in [-0.3, -0.25) is 0 Å². The number of halogens is 1. The summed E-state index contributed by atoms with van der Waals surface area (Å²) in [5, 5.41) is 0.201. The normalized spacial score (nSPS) is 16.6. The van der Waals surface area contributed by atoms with Gasteiger partial charge in [-0.1, -0.05) is 0 Å². The van der Waals surface area contributed by atoms with Gasteiger partial charge in [0.05, 0.1) is 10.7 Å². The lowest BCUT2D eigenvalue weighted by Crippen LogP contribution is -1.92. The smallest absolute Gasteiger partial charge is 0.212 e. The van der Waals surface area contributed by atoms with Crippen LogP contribution in [0.3, 0.4) is 0 Å². The lowest BCUT2D eigenvalue weighted by molar-refractivity contribution is 0.460. The van der Waals surface area contributed by atoms with Crippen molar-refractivity contribution in [2.75, 3.05) is 6.26 Å². The molecule has 0 radical (unpaired) electrons. The Morgan fingerprint density at radius 3 is 2.60 bits per heavy atom. The Labute approximate surface area is 67.5 Å². The molecule has 0 spiro atoms. The number of rotatable bonds is 1. The molecule has 56 valence electrons. The van der Waals surface area contributed by atoms with Crippen LogP contribution in [0.1, 0.15) is 0 Å². The van der Waals surface area contributed by atoms with Crippen LogP contribution in [0.15, 0.2) is 26.3 Å². The van der Waals surface area contributed by atoms with Gasteiger partial charge in [0.1, 0.15) is 9.73 Å². The van der Waals surface area contributed by atoms with Crippen LogP contribution in [0.25, 0.3) is 0 Å². The molecule has 0 fully saturated rings. The van der Waals surface area contributed by atoms with E-state index in [9.17, 15) is 4.21 Å². The molecular weight excluding hydrogens is 218 g/mol. The number of hydrogen-bond acceptors (Lipinski definition) is 3. The first-order valence-electron chi connectivity index (χ1n) is 2.48. The Kier molecular flexibility index (Phi) is 1.87. The summed E-state index contributed by atoms with van der Waals surface area (Å²) in [6.45, 7) is 0. The summed E-state index contributed by atoms with van der Waals surface area (Å²) in [5.41, 5.74) is 0. The van der Waals surface area contributed by atoms with E-state index in [1.807, 2.05) is 0 Å². The second kappa shape index (κ2) is 2.39. The molecule has 1 heterocycles. The number of furan rings is 1. The van der Waals surface area contributed by atoms with Crippen LogP contribution in [-0.4, -0.2) is 10.5 Å². The van der Waals surface area contributed by atoms with Crippen molar-refractivity contribution in [3.63, 3.8) is 0 Å². The quantitative estimate of drug-likeness (QED) is 0.793. The SMILES string of the molecule is CS(=N)(=O)c1occc1Br. The van der Waals surface area contributed by atoms with Crippen molar-refractivity contribution in [3.8, 4) is 0 Å². The van der Waals surface area contributed by atoms with E-state index in [2.05, 4.69) is 15.9 Å². The molecule has 1 atom stereocenters. The fraction of sp³-hybridized carbons (Fsp3) is 0.200. The molecule has 0 amide bonds. The molecule has 1 rings (SSSR count). The van der Waals surface area contributed by atoms with Crippen LogP contribution in [0.2, 0.25) is 0 Å². The van der Waals surface area contributed by atoms with Crippen molar-refractivity contribution in [1.29, 1.82) is 4.78 Å². The summed E-state index contributed by atoms with van der Waals surface area (Å²) in [6, 6.07) is 1.62. The second-order valence-corrected chi connectivity index (χ2v) is 4.81. The summed E-state index contributed by atoms with van der Waals surface area (Å²) >= 11 is 3.11. The van der Waals surface area contributed by atoms with Crippen LogP contribution in [0.5, 0.6) is 0 Å². The molecule has 0 aliphatic heterocycles. The number of hydrogen-bond donors (Lipinski definition) is 1. The van der Waals surface area contributed by atoms with Crippen molar-refractivity contribution in [2.45, 2.75) is 5.09 Å². The molecule has 0 saturated carbocycles. The van der Waals surface area contributed by atoms with Gasteiger partial charge < -0.3 is 4.42 Å². The predicted octanol–water partition coefficient (Wildman–Crippen LogP) is 2.08. The van der Waals surface area contributed by atoms with Crippen LogP contribution >= 0.6 is 15.9 Å². The van der Waals surface area contributed by atoms with E-state index in [1.54, 1.807) is 6.07 Å². The maximum atomic E-state index is 11.0. The van der Waals surface area contributed by atoms with Gasteiger partial charge in [0, 0.05) is 6.26 Å². The van der Waals surface area contributed by atoms with Gasteiger partial charge in [0.2, 0.25) is 5.09 Å². The fourth-order valence-corrected chi connectivity index (χ4v) is 2.37. The molecule has 5 heteroatoms. The predicted molar refractivity (Wildman–Crippen MR) is 41.5 cm³/mol. The van der Waals surface area contributed by atoms with E-state index >= 15 is 0 Å². The first-order chi connectivity index (χ1) is 4.52. The van der Waals surface area contributed by atoms with Crippen LogP contribution < -0.4 is 0 Å². The van der Waals surface area contributed by atoms with Crippen molar-refractivity contribution >= 4 is 25.7 Å². The number of nitrogens with one attached hydrogen (secondary N) is 1. The van der Waals surface area contributed by atoms with Crippen LogP contribution in [0, 0.1) is 4.78 Å². The summed E-state index contributed by atoms with van der Waals surface area (Å²) in [4.78, 5) is 0. The summed E-state index contributed by atoms with van der Waals surface area (Å²) in [6.07, 6.45) is 2.72. The van der Waals surface area contributed by atoms with Crippen molar-refractivity contribution < 1.29 is 8.63 Å². The highest BCUT2D eigenvalue weighted by Gasteiger charge is 2.10. The van der Waals surface area contributed by atoms with Crippen molar-refractivity contribution in [1.82, 2.24) is 0 Å². The summed E-state index contributed by atoms with van der Waals surface area (Å²) in [5.74, 6) is 0. The Morgan fingerprint density at radius 2 is 2.40 bits per heavy atom. The highest BCUT2D eigenvalue weighted by atomic mass is 79.9. The zero-order valence-corrected chi connectivity index (χ0v) is 7.66. The molecule has 0 saturated heterocycles. The first kappa shape index (κ1) is 7.81. The molecule has 1 aromatic heterocycles. The lowest BCUT2D eigenvalue weighted by Gasteiger charge is -1.93. The maximum absolute atomic E-state index is 11.0. The van der Waals surface area contributed by atoms with Crippen LogP contribution in [-0.2, 0) is 9.73 Å². The molecule has 0 bridgehead atoms. The monoisotopic (exact) mass is 223 g/mol. The van der Waals surface area contributed by atoms with Gasteiger partial charge in [-0.15, -0.1) is 0 Å². The largest absolute Gasteiger partial charge is 0.453 e. The third-order valence-electron chi connectivity index (χ3n) is 0.938. The molecule has 3 nitrogen and oxygen atoms in total. The minimum atomic E-state index is -2.70. The third kappa shape index (κ3) is 1.41. The Morgan fingerprint density at radius 1 is 1.80 bits per heavy atom. The minimum absolute atomic E-state index is 0.201. The topological polar surface area (TPSA) is 54.1 Å². The van der Waals surface area contributed by atoms with E-state index in [4.69, 9.17) is 9.20 Å². The lowest BCUT2D eigenvalue weighted by atomic mass is 10.7. The molecule has 0 aliphatic rings. The van der Waals surface area contributed by atoms with E-state index in [0.29, 0.717) is 4.47 Å². The molecule has 0 aromatic carbocycles. The Balaban J connectivity index is 3.32. The molecular formula is C5H6BrNO2S. The Hall–Kier alpha value is -0.290. The molecule has 1 aromatic rings. The van der Waals surface area contributed by atoms with Crippen molar-refractivity contribution in [3.05, 3.63) is 16.8 Å². The third-order valence-corrected chi connectivity index (χ3v) is 2.85. The maximum Gasteiger partial charge on any atom is 0.212 e. The fourth-order valence-electron chi connectivity index (χ4n) is 0.558. The zero-order chi connectivity index (χ0) is 7.78. The molecule has 1 N–H and O–H groups in total. The standard InChI is InChI=1S/C5H6BrNO2S/c1-10(7,8)5-4(6)2-3-9-5/h2-3,7H,1H3. The zero-order valence-electron chi connectivity index (χ0n) is 5.26. The van der Waals surface area contributed by atoms with E-state index in [1.165, 1.54) is 12.5 Å². The van der Waals surface area contributed by atoms with Gasteiger partial charge >= 0.3 is 0 Å². The molecule has 10 heavy (non-hydrogen) atoms. The van der Waals surface area contributed by atoms with E-state index < -0.39 is 9.73 Å². The summed E-state index contributed by atoms with van der Waals surface area (Å²) in [7, 11) is -2.70. The van der Waals surface area contributed by atoms with E-state index in [0.717, 1.165) is 0 Å². The average molecular weight is 224 g/mol.